The summed E-state index contributed by atoms with van der Waals surface area (Å²) in [4.78, 5) is 21.9. The summed E-state index contributed by atoms with van der Waals surface area (Å²) in [6.07, 6.45) is 2.97. The van der Waals surface area contributed by atoms with Gasteiger partial charge in [0.25, 0.3) is 5.91 Å². The number of nitrogens with zero attached hydrogens (tertiary/aromatic N) is 2. The average molecular weight is 336 g/mol. The van der Waals surface area contributed by atoms with Gasteiger partial charge < -0.3 is 19.9 Å². The van der Waals surface area contributed by atoms with Gasteiger partial charge in [0.1, 0.15) is 0 Å². The van der Waals surface area contributed by atoms with E-state index in [2.05, 4.69) is 20.2 Å². The van der Waals surface area contributed by atoms with E-state index in [0.717, 1.165) is 41.9 Å². The Morgan fingerprint density at radius 3 is 2.88 bits per heavy atom. The number of methoxy groups -OCH3 is 1. The highest BCUT2D eigenvalue weighted by Gasteiger charge is 2.22. The van der Waals surface area contributed by atoms with Crippen LogP contribution in [0.4, 0.5) is 11.4 Å². The molecule has 128 valence electrons. The Morgan fingerprint density at radius 2 is 2.12 bits per heavy atom. The Hall–Kier alpha value is -2.86. The van der Waals surface area contributed by atoms with Gasteiger partial charge in [-0.2, -0.15) is 0 Å². The number of H-pyrrole nitrogens is 1. The summed E-state index contributed by atoms with van der Waals surface area (Å²) in [5, 5.41) is 2.94. The normalized spacial score (nSPS) is 17.2. The fourth-order valence-electron chi connectivity index (χ4n) is 3.19. The number of hydrogen-bond acceptors (Lipinski definition) is 4. The molecule has 1 amide bonds. The van der Waals surface area contributed by atoms with Crippen molar-refractivity contribution in [1.82, 2.24) is 9.97 Å². The predicted molar refractivity (Wildman–Crippen MR) is 98.1 cm³/mol. The minimum Gasteiger partial charge on any atom is -0.380 e. The van der Waals surface area contributed by atoms with Gasteiger partial charge >= 0.3 is 0 Å². The Bertz CT molecular complexity index is 888. The van der Waals surface area contributed by atoms with E-state index in [-0.39, 0.29) is 5.91 Å². The second-order valence-corrected chi connectivity index (χ2v) is 6.23. The molecule has 0 aliphatic carbocycles. The molecule has 1 atom stereocenters. The maximum Gasteiger partial charge on any atom is 0.255 e. The Morgan fingerprint density at radius 1 is 1.28 bits per heavy atom. The van der Waals surface area contributed by atoms with Crippen molar-refractivity contribution in [3.8, 4) is 0 Å². The van der Waals surface area contributed by atoms with E-state index in [0.29, 0.717) is 11.7 Å². The number of fused-ring (bicyclic) bond motifs is 1. The molecule has 2 heterocycles. The molecule has 1 aromatic heterocycles. The third-order valence-corrected chi connectivity index (χ3v) is 4.65. The summed E-state index contributed by atoms with van der Waals surface area (Å²) >= 11 is 0. The Labute approximate surface area is 145 Å². The first kappa shape index (κ1) is 15.7. The van der Waals surface area contributed by atoms with E-state index >= 15 is 0 Å². The lowest BCUT2D eigenvalue weighted by Crippen LogP contribution is -2.22. The van der Waals surface area contributed by atoms with E-state index in [4.69, 9.17) is 4.74 Å². The minimum absolute atomic E-state index is 0.134. The summed E-state index contributed by atoms with van der Waals surface area (Å²) in [7, 11) is 1.76. The van der Waals surface area contributed by atoms with Gasteiger partial charge in [-0.25, -0.2) is 4.98 Å². The van der Waals surface area contributed by atoms with Crippen LogP contribution in [0.3, 0.4) is 0 Å². The molecule has 6 nitrogen and oxygen atoms in total. The number of aromatic amines is 1. The van der Waals surface area contributed by atoms with Gasteiger partial charge in [0.05, 0.1) is 23.5 Å². The Kier molecular flexibility index (Phi) is 4.11. The molecular weight excluding hydrogens is 316 g/mol. The number of rotatable bonds is 4. The summed E-state index contributed by atoms with van der Waals surface area (Å²) < 4.78 is 5.41. The van der Waals surface area contributed by atoms with E-state index in [9.17, 15) is 4.79 Å². The highest BCUT2D eigenvalue weighted by molar-refractivity contribution is 6.05. The second kappa shape index (κ2) is 6.57. The summed E-state index contributed by atoms with van der Waals surface area (Å²) in [6.45, 7) is 1.90. The van der Waals surface area contributed by atoms with Crippen LogP contribution >= 0.6 is 0 Å². The minimum atomic E-state index is -0.134. The molecule has 6 heteroatoms. The number of aromatic nitrogens is 2. The van der Waals surface area contributed by atoms with Crippen LogP contribution in [0.25, 0.3) is 11.0 Å². The summed E-state index contributed by atoms with van der Waals surface area (Å²) in [5.41, 5.74) is 4.23. The molecule has 1 unspecified atom stereocenters. The molecule has 1 saturated heterocycles. The van der Waals surface area contributed by atoms with Crippen LogP contribution in [-0.4, -0.2) is 42.2 Å². The van der Waals surface area contributed by atoms with Crippen molar-refractivity contribution in [2.75, 3.05) is 30.4 Å². The van der Waals surface area contributed by atoms with Crippen LogP contribution < -0.4 is 10.2 Å². The van der Waals surface area contributed by atoms with E-state index in [1.165, 1.54) is 0 Å². The van der Waals surface area contributed by atoms with Crippen molar-refractivity contribution in [3.05, 3.63) is 54.4 Å². The van der Waals surface area contributed by atoms with Crippen molar-refractivity contribution >= 4 is 28.3 Å². The summed E-state index contributed by atoms with van der Waals surface area (Å²) in [6, 6.07) is 13.4. The molecular formula is C19H20N4O2. The van der Waals surface area contributed by atoms with Gasteiger partial charge in [-0.05, 0) is 48.9 Å². The molecule has 4 rings (SSSR count). The molecule has 1 aliphatic rings. The van der Waals surface area contributed by atoms with Crippen molar-refractivity contribution in [2.45, 2.75) is 12.5 Å². The SMILES string of the molecule is COC1CCN(c2ccc(NC(=O)c3ccc4nc[nH]c4c3)cc2)C1. The van der Waals surface area contributed by atoms with Crippen LogP contribution in [0.2, 0.25) is 0 Å². The van der Waals surface area contributed by atoms with Crippen molar-refractivity contribution in [2.24, 2.45) is 0 Å². The lowest BCUT2D eigenvalue weighted by molar-refractivity contribution is 0.102. The van der Waals surface area contributed by atoms with Gasteiger partial charge in [-0.3, -0.25) is 4.79 Å². The number of carbonyl (C=O) groups excluding carboxylic acids is 1. The summed E-state index contributed by atoms with van der Waals surface area (Å²) in [5.74, 6) is -0.134. The number of imidazole rings is 1. The number of anilines is 2. The fraction of sp³-hybridized carbons (Fsp3) is 0.263. The van der Waals surface area contributed by atoms with Gasteiger partial charge in [0.2, 0.25) is 0 Å². The lowest BCUT2D eigenvalue weighted by Gasteiger charge is -2.18. The van der Waals surface area contributed by atoms with Crippen molar-refractivity contribution in [3.63, 3.8) is 0 Å². The lowest BCUT2D eigenvalue weighted by atomic mass is 10.2. The molecule has 0 radical (unpaired) electrons. The molecule has 3 aromatic rings. The third-order valence-electron chi connectivity index (χ3n) is 4.65. The van der Waals surface area contributed by atoms with Gasteiger partial charge in [-0.1, -0.05) is 0 Å². The number of nitrogens with one attached hydrogen (secondary N) is 2. The van der Waals surface area contributed by atoms with Crippen LogP contribution in [0.15, 0.2) is 48.8 Å². The number of carbonyl (C=O) groups is 1. The van der Waals surface area contributed by atoms with Crippen molar-refractivity contribution in [1.29, 1.82) is 0 Å². The second-order valence-electron chi connectivity index (χ2n) is 6.23. The standard InChI is InChI=1S/C19H20N4O2/c1-25-16-8-9-23(11-16)15-5-3-14(4-6-15)22-19(24)13-2-7-17-18(10-13)21-12-20-17/h2-7,10,12,16H,8-9,11H2,1H3,(H,20,21)(H,22,24). The van der Waals surface area contributed by atoms with E-state index in [1.807, 2.05) is 30.3 Å². The third kappa shape index (κ3) is 3.21. The quantitative estimate of drug-likeness (QED) is 0.768. The molecule has 1 aliphatic heterocycles. The molecule has 0 saturated carbocycles. The van der Waals surface area contributed by atoms with Crippen LogP contribution in [-0.2, 0) is 4.74 Å². The molecule has 0 spiro atoms. The number of benzene rings is 2. The molecule has 0 bridgehead atoms. The molecule has 25 heavy (non-hydrogen) atoms. The van der Waals surface area contributed by atoms with Crippen LogP contribution in [0.1, 0.15) is 16.8 Å². The smallest absolute Gasteiger partial charge is 0.255 e. The van der Waals surface area contributed by atoms with Gasteiger partial charge in [0.15, 0.2) is 0 Å². The zero-order valence-corrected chi connectivity index (χ0v) is 14.0. The van der Waals surface area contributed by atoms with Gasteiger partial charge in [-0.15, -0.1) is 0 Å². The first-order chi connectivity index (χ1) is 12.2. The number of hydrogen-bond donors (Lipinski definition) is 2. The van der Waals surface area contributed by atoms with Crippen LogP contribution in [0, 0.1) is 0 Å². The first-order valence-electron chi connectivity index (χ1n) is 8.35. The predicted octanol–water partition coefficient (Wildman–Crippen LogP) is 3.04. The highest BCUT2D eigenvalue weighted by atomic mass is 16.5. The fourth-order valence-corrected chi connectivity index (χ4v) is 3.19. The first-order valence-corrected chi connectivity index (χ1v) is 8.35. The number of ether oxygens (including phenoxy) is 1. The Balaban J connectivity index is 1.44. The van der Waals surface area contributed by atoms with Gasteiger partial charge in [0, 0.05) is 37.1 Å². The molecule has 1 fully saturated rings. The topological polar surface area (TPSA) is 70.2 Å². The maximum atomic E-state index is 12.4. The zero-order chi connectivity index (χ0) is 17.2. The maximum absolute atomic E-state index is 12.4. The molecule has 2 aromatic carbocycles. The largest absolute Gasteiger partial charge is 0.380 e. The highest BCUT2D eigenvalue weighted by Crippen LogP contribution is 2.23. The van der Waals surface area contributed by atoms with E-state index in [1.54, 1.807) is 25.6 Å². The number of amides is 1. The average Bonchev–Trinajstić information content (AvgIpc) is 3.30. The zero-order valence-electron chi connectivity index (χ0n) is 14.0. The molecule has 2 N–H and O–H groups in total. The van der Waals surface area contributed by atoms with Crippen LogP contribution in [0.5, 0.6) is 0 Å². The van der Waals surface area contributed by atoms with E-state index < -0.39 is 0 Å². The monoisotopic (exact) mass is 336 g/mol. The van der Waals surface area contributed by atoms with Crippen molar-refractivity contribution < 1.29 is 9.53 Å².